The van der Waals surface area contributed by atoms with E-state index in [9.17, 15) is 0 Å². The Morgan fingerprint density at radius 2 is 2.07 bits per heavy atom. The molecule has 4 heteroatoms. The molecule has 0 amide bonds. The molecule has 0 aliphatic rings. The fraction of sp³-hybridized carbons (Fsp3) is 0.400. The second kappa shape index (κ2) is 5.56. The number of nitrogens with one attached hydrogen (secondary N) is 1. The molecule has 0 bridgehead atoms. The van der Waals surface area contributed by atoms with Crippen molar-refractivity contribution in [1.29, 1.82) is 0 Å². The van der Waals surface area contributed by atoms with Crippen molar-refractivity contribution in [2.45, 2.75) is 19.6 Å². The Bertz CT molecular complexity index is 302. The molecule has 2 N–H and O–H groups in total. The molecule has 0 radical (unpaired) electrons. The molecule has 78 valence electrons. The summed E-state index contributed by atoms with van der Waals surface area (Å²) in [6.07, 6.45) is -0.335. The minimum absolute atomic E-state index is 0.335. The van der Waals surface area contributed by atoms with Gasteiger partial charge in [-0.3, -0.25) is 0 Å². The molecule has 1 rings (SSSR count). The lowest BCUT2D eigenvalue weighted by Gasteiger charge is -2.07. The maximum absolute atomic E-state index is 9.02. The first kappa shape index (κ1) is 11.8. The van der Waals surface area contributed by atoms with Crippen LogP contribution < -0.4 is 5.32 Å². The van der Waals surface area contributed by atoms with Crippen LogP contribution >= 0.6 is 23.2 Å². The molecule has 0 fully saturated rings. The maximum Gasteiger partial charge on any atom is 0.0636 e. The fourth-order valence-corrected chi connectivity index (χ4v) is 1.40. The molecule has 1 unspecified atom stereocenters. The first-order valence-corrected chi connectivity index (χ1v) is 5.18. The highest BCUT2D eigenvalue weighted by atomic mass is 35.5. The van der Waals surface area contributed by atoms with E-state index in [1.807, 2.05) is 12.1 Å². The lowest BCUT2D eigenvalue weighted by atomic mass is 10.2. The third-order valence-electron chi connectivity index (χ3n) is 1.75. The van der Waals surface area contributed by atoms with Crippen molar-refractivity contribution in [2.75, 3.05) is 6.54 Å². The zero-order valence-corrected chi connectivity index (χ0v) is 9.44. The van der Waals surface area contributed by atoms with Gasteiger partial charge in [-0.05, 0) is 24.6 Å². The van der Waals surface area contributed by atoms with Crippen molar-refractivity contribution < 1.29 is 5.11 Å². The molecule has 2 nitrogen and oxygen atoms in total. The molecule has 0 aromatic heterocycles. The largest absolute Gasteiger partial charge is 0.392 e. The number of hydrogen-bond donors (Lipinski definition) is 2. The Morgan fingerprint density at radius 3 is 2.64 bits per heavy atom. The van der Waals surface area contributed by atoms with E-state index in [0.717, 1.165) is 5.56 Å². The minimum atomic E-state index is -0.335. The predicted octanol–water partition coefficient (Wildman–Crippen LogP) is 2.46. The Balaban J connectivity index is 2.47. The highest BCUT2D eigenvalue weighted by molar-refractivity contribution is 6.42. The topological polar surface area (TPSA) is 32.3 Å². The zero-order chi connectivity index (χ0) is 10.6. The van der Waals surface area contributed by atoms with Gasteiger partial charge in [0.25, 0.3) is 0 Å². The normalized spacial score (nSPS) is 12.9. The van der Waals surface area contributed by atoms with Crippen molar-refractivity contribution in [3.8, 4) is 0 Å². The summed E-state index contributed by atoms with van der Waals surface area (Å²) < 4.78 is 0. The number of aliphatic hydroxyl groups excluding tert-OH is 1. The summed E-state index contributed by atoms with van der Waals surface area (Å²) in [6, 6.07) is 5.49. The summed E-state index contributed by atoms with van der Waals surface area (Å²) in [6.45, 7) is 2.99. The SMILES string of the molecule is CC(O)CNCc1ccc(Cl)c(Cl)c1. The van der Waals surface area contributed by atoms with E-state index in [2.05, 4.69) is 5.32 Å². The van der Waals surface area contributed by atoms with E-state index in [1.165, 1.54) is 0 Å². The van der Waals surface area contributed by atoms with Crippen molar-refractivity contribution in [2.24, 2.45) is 0 Å². The lowest BCUT2D eigenvalue weighted by molar-refractivity contribution is 0.191. The summed E-state index contributed by atoms with van der Waals surface area (Å²) in [4.78, 5) is 0. The fourth-order valence-electron chi connectivity index (χ4n) is 1.07. The molecule has 1 aromatic carbocycles. The van der Waals surface area contributed by atoms with Gasteiger partial charge in [-0.15, -0.1) is 0 Å². The van der Waals surface area contributed by atoms with Gasteiger partial charge in [-0.1, -0.05) is 29.3 Å². The molecule has 1 aromatic rings. The lowest BCUT2D eigenvalue weighted by Crippen LogP contribution is -2.23. The van der Waals surface area contributed by atoms with E-state index in [4.69, 9.17) is 28.3 Å². The number of rotatable bonds is 4. The highest BCUT2D eigenvalue weighted by Gasteiger charge is 2.00. The zero-order valence-electron chi connectivity index (χ0n) is 7.93. The van der Waals surface area contributed by atoms with Crippen LogP contribution in [0, 0.1) is 0 Å². The van der Waals surface area contributed by atoms with Crippen LogP contribution in [0.15, 0.2) is 18.2 Å². The van der Waals surface area contributed by atoms with E-state index in [0.29, 0.717) is 23.1 Å². The van der Waals surface area contributed by atoms with E-state index in [-0.39, 0.29) is 6.10 Å². The number of halogens is 2. The minimum Gasteiger partial charge on any atom is -0.392 e. The van der Waals surface area contributed by atoms with Crippen LogP contribution in [0.2, 0.25) is 10.0 Å². The third-order valence-corrected chi connectivity index (χ3v) is 2.49. The second-order valence-electron chi connectivity index (χ2n) is 3.23. The summed E-state index contributed by atoms with van der Waals surface area (Å²) in [5.74, 6) is 0. The van der Waals surface area contributed by atoms with Crippen LogP contribution in [0.25, 0.3) is 0 Å². The van der Waals surface area contributed by atoms with E-state index >= 15 is 0 Å². The van der Waals surface area contributed by atoms with Crippen LogP contribution in [0.3, 0.4) is 0 Å². The Morgan fingerprint density at radius 1 is 1.36 bits per heavy atom. The van der Waals surface area contributed by atoms with E-state index < -0.39 is 0 Å². The standard InChI is InChI=1S/C10H13Cl2NO/c1-7(14)5-13-6-8-2-3-9(11)10(12)4-8/h2-4,7,13-14H,5-6H2,1H3. The van der Waals surface area contributed by atoms with Gasteiger partial charge in [-0.25, -0.2) is 0 Å². The van der Waals surface area contributed by atoms with Crippen LogP contribution in [-0.2, 0) is 6.54 Å². The Kier molecular flexibility index (Phi) is 4.69. The van der Waals surface area contributed by atoms with E-state index in [1.54, 1.807) is 13.0 Å². The number of aliphatic hydroxyl groups is 1. The average Bonchev–Trinajstić information content (AvgIpc) is 2.10. The number of hydrogen-bond acceptors (Lipinski definition) is 2. The van der Waals surface area contributed by atoms with Gasteiger partial charge in [0.2, 0.25) is 0 Å². The average molecular weight is 234 g/mol. The first-order chi connectivity index (χ1) is 6.59. The van der Waals surface area contributed by atoms with Gasteiger partial charge < -0.3 is 10.4 Å². The van der Waals surface area contributed by atoms with Crippen molar-refractivity contribution in [3.05, 3.63) is 33.8 Å². The predicted molar refractivity (Wildman–Crippen MR) is 59.8 cm³/mol. The molecule has 14 heavy (non-hydrogen) atoms. The molecule has 0 aliphatic carbocycles. The third kappa shape index (κ3) is 3.84. The smallest absolute Gasteiger partial charge is 0.0636 e. The monoisotopic (exact) mass is 233 g/mol. The summed E-state index contributed by atoms with van der Waals surface area (Å²) in [7, 11) is 0. The summed E-state index contributed by atoms with van der Waals surface area (Å²) in [5.41, 5.74) is 1.06. The second-order valence-corrected chi connectivity index (χ2v) is 4.04. The highest BCUT2D eigenvalue weighted by Crippen LogP contribution is 2.22. The molecule has 0 heterocycles. The summed E-state index contributed by atoms with van der Waals surface area (Å²) >= 11 is 11.6. The molecular weight excluding hydrogens is 221 g/mol. The molecule has 0 spiro atoms. The summed E-state index contributed by atoms with van der Waals surface area (Å²) in [5, 5.41) is 13.2. The van der Waals surface area contributed by atoms with Crippen molar-refractivity contribution >= 4 is 23.2 Å². The van der Waals surface area contributed by atoms with Gasteiger partial charge >= 0.3 is 0 Å². The maximum atomic E-state index is 9.02. The quantitative estimate of drug-likeness (QED) is 0.838. The van der Waals surface area contributed by atoms with Gasteiger partial charge in [0.05, 0.1) is 16.1 Å². The van der Waals surface area contributed by atoms with Gasteiger partial charge in [0, 0.05) is 13.1 Å². The number of benzene rings is 1. The van der Waals surface area contributed by atoms with Crippen LogP contribution in [0.1, 0.15) is 12.5 Å². The Hall–Kier alpha value is -0.280. The first-order valence-electron chi connectivity index (χ1n) is 4.42. The molecule has 0 saturated heterocycles. The molecule has 0 saturated carbocycles. The molecule has 1 atom stereocenters. The van der Waals surface area contributed by atoms with Crippen LogP contribution in [0.5, 0.6) is 0 Å². The van der Waals surface area contributed by atoms with Crippen LogP contribution in [0.4, 0.5) is 0 Å². The molecule has 0 aliphatic heterocycles. The van der Waals surface area contributed by atoms with Gasteiger partial charge in [-0.2, -0.15) is 0 Å². The van der Waals surface area contributed by atoms with Crippen molar-refractivity contribution in [3.63, 3.8) is 0 Å². The van der Waals surface area contributed by atoms with Gasteiger partial charge in [0.15, 0.2) is 0 Å². The Labute approximate surface area is 93.8 Å². The van der Waals surface area contributed by atoms with Gasteiger partial charge in [0.1, 0.15) is 0 Å². The van der Waals surface area contributed by atoms with Crippen LogP contribution in [-0.4, -0.2) is 17.8 Å². The van der Waals surface area contributed by atoms with Crippen molar-refractivity contribution in [1.82, 2.24) is 5.32 Å². The molecular formula is C10H13Cl2NO.